The number of rotatable bonds is 7. The number of fused-ring (bicyclic) bond motifs is 2. The third-order valence-corrected chi connectivity index (χ3v) is 12.4. The molecule has 2 aromatic heterocycles. The second kappa shape index (κ2) is 15.1. The lowest BCUT2D eigenvalue weighted by molar-refractivity contribution is -0.125. The molecule has 4 aliphatic heterocycles. The summed E-state index contributed by atoms with van der Waals surface area (Å²) in [5.41, 5.74) is 8.08. The van der Waals surface area contributed by atoms with Gasteiger partial charge >= 0.3 is 0 Å². The highest BCUT2D eigenvalue weighted by Crippen LogP contribution is 2.53. The summed E-state index contributed by atoms with van der Waals surface area (Å²) in [7, 11) is 2.02. The second-order valence-corrected chi connectivity index (χ2v) is 16.4. The van der Waals surface area contributed by atoms with Gasteiger partial charge < -0.3 is 25.4 Å². The van der Waals surface area contributed by atoms with Crippen molar-refractivity contribution in [1.29, 1.82) is 0 Å². The molecule has 11 heteroatoms. The number of hydrogen-bond donors (Lipinski definition) is 3. The molecule has 2 saturated heterocycles. The van der Waals surface area contributed by atoms with Crippen molar-refractivity contribution in [3.8, 4) is 0 Å². The van der Waals surface area contributed by atoms with Crippen molar-refractivity contribution in [1.82, 2.24) is 25.1 Å². The second-order valence-electron chi connectivity index (χ2n) is 15.5. The number of amides is 2. The fourth-order valence-electron chi connectivity index (χ4n) is 9.25. The normalized spacial score (nSPS) is 21.3. The highest BCUT2D eigenvalue weighted by atomic mass is 35.5. The van der Waals surface area contributed by atoms with Crippen molar-refractivity contribution in [2.45, 2.75) is 57.2 Å². The Morgan fingerprint density at radius 2 is 1.70 bits per heavy atom. The summed E-state index contributed by atoms with van der Waals surface area (Å²) in [6.45, 7) is 4.64. The zero-order valence-corrected chi connectivity index (χ0v) is 33.1. The minimum Gasteiger partial charge on any atom is -0.355 e. The van der Waals surface area contributed by atoms with Crippen molar-refractivity contribution < 1.29 is 9.59 Å². The van der Waals surface area contributed by atoms with E-state index in [1.807, 2.05) is 49.5 Å². The van der Waals surface area contributed by atoms with E-state index < -0.39 is 0 Å². The maximum atomic E-state index is 14.9. The number of halogens is 2. The van der Waals surface area contributed by atoms with Gasteiger partial charge in [-0.15, -0.1) is 0 Å². The summed E-state index contributed by atoms with van der Waals surface area (Å²) in [4.78, 5) is 42.9. The number of carbonyl (C=O) groups excluding carboxylic acids is 2. The predicted molar refractivity (Wildman–Crippen MR) is 226 cm³/mol. The van der Waals surface area contributed by atoms with Crippen LogP contribution in [0.4, 0.5) is 11.5 Å². The van der Waals surface area contributed by atoms with Crippen LogP contribution in [0.3, 0.4) is 0 Å². The Bertz CT molecular complexity index is 2370. The first-order valence-electron chi connectivity index (χ1n) is 19.6. The number of H-pyrrole nitrogens is 1. The molecule has 4 aliphatic rings. The smallest absolute Gasteiger partial charge is 0.272 e. The number of hydrogen-bond acceptors (Lipinski definition) is 6. The predicted octanol–water partition coefficient (Wildman–Crippen LogP) is 9.13. The molecule has 2 fully saturated rings. The van der Waals surface area contributed by atoms with Gasteiger partial charge in [-0.3, -0.25) is 14.5 Å². The highest BCUT2D eigenvalue weighted by molar-refractivity contribution is 6.32. The Morgan fingerprint density at radius 1 is 0.911 bits per heavy atom. The highest BCUT2D eigenvalue weighted by Gasteiger charge is 2.40. The maximum Gasteiger partial charge on any atom is 0.272 e. The van der Waals surface area contributed by atoms with Crippen LogP contribution in [0.1, 0.15) is 77.8 Å². The van der Waals surface area contributed by atoms with Gasteiger partial charge in [-0.25, -0.2) is 4.98 Å². The van der Waals surface area contributed by atoms with E-state index in [-0.39, 0.29) is 35.9 Å². The summed E-state index contributed by atoms with van der Waals surface area (Å²) in [5, 5.41) is 8.80. The largest absolute Gasteiger partial charge is 0.355 e. The molecule has 3 unspecified atom stereocenters. The summed E-state index contributed by atoms with van der Waals surface area (Å²) < 4.78 is 0. The van der Waals surface area contributed by atoms with Gasteiger partial charge in [0, 0.05) is 58.0 Å². The first-order valence-corrected chi connectivity index (χ1v) is 20.4. The molecule has 0 spiro atoms. The molecule has 3 atom stereocenters. The topological polar surface area (TPSA) is 96.6 Å². The van der Waals surface area contributed by atoms with E-state index in [0.29, 0.717) is 40.3 Å². The van der Waals surface area contributed by atoms with Crippen molar-refractivity contribution in [2.75, 3.05) is 36.9 Å². The molecule has 6 heterocycles. The first-order chi connectivity index (χ1) is 27.2. The number of allylic oxidation sites excluding steroid dienone is 2. The molecule has 2 amide bonds. The maximum absolute atomic E-state index is 14.9. The Hall–Kier alpha value is -5.09. The number of nitrogens with zero attached hydrogens (tertiary/aromatic N) is 4. The Labute approximate surface area is 337 Å². The molecule has 286 valence electrons. The molecule has 0 aliphatic carbocycles. The van der Waals surface area contributed by atoms with Gasteiger partial charge in [-0.1, -0.05) is 78.7 Å². The summed E-state index contributed by atoms with van der Waals surface area (Å²) in [6, 6.07) is 26.0. The van der Waals surface area contributed by atoms with Crippen LogP contribution in [0.2, 0.25) is 10.0 Å². The number of benzene rings is 3. The number of aromatic amines is 1. The summed E-state index contributed by atoms with van der Waals surface area (Å²) in [6.07, 6.45) is 10.6. The van der Waals surface area contributed by atoms with E-state index in [9.17, 15) is 9.59 Å². The van der Waals surface area contributed by atoms with Gasteiger partial charge in [0.25, 0.3) is 5.91 Å². The summed E-state index contributed by atoms with van der Waals surface area (Å²) >= 11 is 13.3. The minimum atomic E-state index is -0.263. The molecule has 3 aromatic carbocycles. The van der Waals surface area contributed by atoms with Gasteiger partial charge in [0.1, 0.15) is 5.69 Å². The molecular formula is C45H45Cl2N7O2. The number of aromatic nitrogens is 2. The zero-order chi connectivity index (χ0) is 38.5. The van der Waals surface area contributed by atoms with E-state index in [1.165, 1.54) is 5.57 Å². The molecular weight excluding hydrogens is 741 g/mol. The quantitative estimate of drug-likeness (QED) is 0.152. The molecule has 56 heavy (non-hydrogen) atoms. The number of pyridine rings is 1. The van der Waals surface area contributed by atoms with Gasteiger partial charge in [-0.05, 0) is 110 Å². The Balaban J connectivity index is 1.10. The molecule has 3 N–H and O–H groups in total. The Kier molecular flexibility index (Phi) is 9.86. The van der Waals surface area contributed by atoms with E-state index in [2.05, 4.69) is 85.9 Å². The number of likely N-dealkylation sites (N-methyl/N-ethyl adjacent to an activating group) is 1. The van der Waals surface area contributed by atoms with Crippen LogP contribution < -0.4 is 15.5 Å². The number of likely N-dealkylation sites (tertiary alicyclic amines) is 1. The molecule has 0 saturated carbocycles. The van der Waals surface area contributed by atoms with Crippen molar-refractivity contribution in [2.24, 2.45) is 5.92 Å². The average molecular weight is 787 g/mol. The van der Waals surface area contributed by atoms with E-state index in [0.717, 1.165) is 77.5 Å². The van der Waals surface area contributed by atoms with Crippen LogP contribution in [0.15, 0.2) is 97.3 Å². The minimum absolute atomic E-state index is 0.0419. The monoisotopic (exact) mass is 785 g/mol. The van der Waals surface area contributed by atoms with Crippen molar-refractivity contribution in [3.63, 3.8) is 0 Å². The third kappa shape index (κ3) is 6.65. The van der Waals surface area contributed by atoms with E-state index in [1.54, 1.807) is 6.20 Å². The fraction of sp³-hybridized carbons (Fsp3) is 0.311. The molecule has 0 radical (unpaired) electrons. The average Bonchev–Trinajstić information content (AvgIpc) is 3.76. The van der Waals surface area contributed by atoms with Crippen LogP contribution in [0.25, 0.3) is 22.2 Å². The van der Waals surface area contributed by atoms with E-state index >= 15 is 0 Å². The van der Waals surface area contributed by atoms with Crippen LogP contribution in [-0.2, 0) is 4.79 Å². The Morgan fingerprint density at radius 3 is 2.45 bits per heavy atom. The van der Waals surface area contributed by atoms with Crippen LogP contribution in [0.5, 0.6) is 0 Å². The zero-order valence-electron chi connectivity index (χ0n) is 31.6. The van der Waals surface area contributed by atoms with Crippen LogP contribution in [0, 0.1) is 5.92 Å². The van der Waals surface area contributed by atoms with Gasteiger partial charge in [0.05, 0.1) is 23.5 Å². The third-order valence-electron chi connectivity index (χ3n) is 12.0. The number of piperidine rings is 1. The standard InChI is InChI=1S/C45H45Cl2N7O2/c1-27-9-7-22-54-41(29-14-16-30(46)17-15-29)33-25-31(47)26-35-38(33)39(42(54)37(27)28-10-4-3-5-11-28)40(50-35)45(56)51-34-12-6-20-48-43(34)53-23-18-32(19-24-53)49-44(55)36-13-8-21-52(36)2/h3-7,10-12,14-17,20,22,25-27,32,36,41,50H,8-9,13,18-19,21,23-24H2,1-2H3,(H,49,55)(H,51,56). The fourth-order valence-corrected chi connectivity index (χ4v) is 9.61. The van der Waals surface area contributed by atoms with E-state index in [4.69, 9.17) is 28.2 Å². The lowest BCUT2D eigenvalue weighted by Crippen LogP contribution is -2.50. The SMILES string of the molecule is CC1CC=CN2C(=C1c1ccccc1)c1c(C(=O)Nc3cccnc3N3CCC(NC(=O)C4CCCN4C)CC3)[nH]c3cc(Cl)cc(c13)C2c1ccc(Cl)cc1. The van der Waals surface area contributed by atoms with Crippen LogP contribution >= 0.6 is 23.2 Å². The number of anilines is 2. The van der Waals surface area contributed by atoms with Crippen molar-refractivity contribution >= 4 is 68.7 Å². The number of nitrogens with one attached hydrogen (secondary N) is 3. The van der Waals surface area contributed by atoms with Gasteiger partial charge in [-0.2, -0.15) is 0 Å². The summed E-state index contributed by atoms with van der Waals surface area (Å²) in [5.74, 6) is 0.740. The molecule has 5 aromatic rings. The van der Waals surface area contributed by atoms with Crippen molar-refractivity contribution in [3.05, 3.63) is 135 Å². The molecule has 9 rings (SSSR count). The lowest BCUT2D eigenvalue weighted by atomic mass is 9.82. The number of carbonyl (C=O) groups is 2. The van der Waals surface area contributed by atoms with Gasteiger partial charge in [0.15, 0.2) is 5.82 Å². The molecule has 0 bridgehead atoms. The molecule has 9 nitrogen and oxygen atoms in total. The first kappa shape index (κ1) is 36.5. The lowest BCUT2D eigenvalue weighted by Gasteiger charge is -2.39. The van der Waals surface area contributed by atoms with Gasteiger partial charge in [0.2, 0.25) is 5.91 Å². The van der Waals surface area contributed by atoms with Crippen LogP contribution in [-0.4, -0.2) is 70.3 Å².